The van der Waals surface area contributed by atoms with Gasteiger partial charge in [-0.3, -0.25) is 0 Å². The molecule has 1 heterocycles. The third-order valence-electron chi connectivity index (χ3n) is 2.62. The molecule has 4 heteroatoms. The molecule has 1 N–H and O–H groups in total. The third kappa shape index (κ3) is 3.20. The van der Waals surface area contributed by atoms with E-state index in [0.29, 0.717) is 12.4 Å². The summed E-state index contributed by atoms with van der Waals surface area (Å²) in [4.78, 5) is 3.93. The number of nitrogens with one attached hydrogen (secondary N) is 1. The monoisotopic (exact) mass is 246 g/mol. The Bertz CT molecular complexity index is 499. The van der Waals surface area contributed by atoms with Crippen molar-refractivity contribution in [3.05, 3.63) is 54.0 Å². The molecule has 0 fully saturated rings. The lowest BCUT2D eigenvalue weighted by atomic mass is 10.1. The molecule has 18 heavy (non-hydrogen) atoms. The molecule has 0 atom stereocenters. The van der Waals surface area contributed by atoms with Crippen molar-refractivity contribution in [2.24, 2.45) is 0 Å². The standard InChI is InChI=1S/C14H15FN2O/c1-18-12-6-4-11(5-7-12)8-10-17-14-13(15)3-2-9-16-14/h2-7,9H,8,10H2,1H3,(H,16,17). The molecule has 1 aromatic heterocycles. The molecule has 0 spiro atoms. The van der Waals surface area contributed by atoms with E-state index in [-0.39, 0.29) is 5.82 Å². The van der Waals surface area contributed by atoms with Gasteiger partial charge in [0.2, 0.25) is 0 Å². The molecule has 0 bridgehead atoms. The Labute approximate surface area is 106 Å². The lowest BCUT2D eigenvalue weighted by Crippen LogP contribution is -2.07. The molecule has 0 aliphatic rings. The Morgan fingerprint density at radius 3 is 2.67 bits per heavy atom. The quantitative estimate of drug-likeness (QED) is 0.880. The first kappa shape index (κ1) is 12.4. The van der Waals surface area contributed by atoms with Gasteiger partial charge in [-0.05, 0) is 36.2 Å². The summed E-state index contributed by atoms with van der Waals surface area (Å²) < 4.78 is 18.4. The summed E-state index contributed by atoms with van der Waals surface area (Å²) in [5.74, 6) is 0.806. The molecule has 1 aromatic carbocycles. The Hall–Kier alpha value is -2.10. The number of hydrogen-bond acceptors (Lipinski definition) is 3. The van der Waals surface area contributed by atoms with Crippen molar-refractivity contribution < 1.29 is 9.13 Å². The van der Waals surface area contributed by atoms with Crippen molar-refractivity contribution in [2.75, 3.05) is 19.0 Å². The first-order valence-electron chi connectivity index (χ1n) is 5.77. The molecular weight excluding hydrogens is 231 g/mol. The van der Waals surface area contributed by atoms with Crippen molar-refractivity contribution >= 4 is 5.82 Å². The molecule has 0 amide bonds. The maximum absolute atomic E-state index is 13.3. The van der Waals surface area contributed by atoms with E-state index in [1.165, 1.54) is 11.6 Å². The zero-order valence-electron chi connectivity index (χ0n) is 10.2. The predicted molar refractivity (Wildman–Crippen MR) is 69.4 cm³/mol. The highest BCUT2D eigenvalue weighted by molar-refractivity contribution is 5.36. The van der Waals surface area contributed by atoms with E-state index in [0.717, 1.165) is 12.2 Å². The zero-order valence-corrected chi connectivity index (χ0v) is 10.2. The Morgan fingerprint density at radius 1 is 1.22 bits per heavy atom. The van der Waals surface area contributed by atoms with E-state index in [1.54, 1.807) is 19.4 Å². The van der Waals surface area contributed by atoms with Gasteiger partial charge in [0.15, 0.2) is 11.6 Å². The number of ether oxygens (including phenoxy) is 1. The topological polar surface area (TPSA) is 34.1 Å². The lowest BCUT2D eigenvalue weighted by Gasteiger charge is -2.06. The molecule has 3 nitrogen and oxygen atoms in total. The van der Waals surface area contributed by atoms with Crippen LogP contribution in [0.3, 0.4) is 0 Å². The van der Waals surface area contributed by atoms with Gasteiger partial charge in [0, 0.05) is 12.7 Å². The Kier molecular flexibility index (Phi) is 4.12. The molecule has 0 saturated carbocycles. The maximum Gasteiger partial charge on any atom is 0.165 e. The van der Waals surface area contributed by atoms with Crippen LogP contribution in [0.5, 0.6) is 5.75 Å². The average molecular weight is 246 g/mol. The summed E-state index contributed by atoms with van der Waals surface area (Å²) in [5.41, 5.74) is 1.17. The number of methoxy groups -OCH3 is 1. The van der Waals surface area contributed by atoms with Crippen molar-refractivity contribution in [1.82, 2.24) is 4.98 Å². The fourth-order valence-corrected chi connectivity index (χ4v) is 1.63. The van der Waals surface area contributed by atoms with E-state index in [4.69, 9.17) is 4.74 Å². The number of rotatable bonds is 5. The molecule has 0 unspecified atom stereocenters. The van der Waals surface area contributed by atoms with Crippen LogP contribution < -0.4 is 10.1 Å². The van der Waals surface area contributed by atoms with Crippen LogP contribution in [-0.2, 0) is 6.42 Å². The highest BCUT2D eigenvalue weighted by Crippen LogP contribution is 2.12. The van der Waals surface area contributed by atoms with Gasteiger partial charge in [0.05, 0.1) is 7.11 Å². The number of halogens is 1. The number of nitrogens with zero attached hydrogens (tertiary/aromatic N) is 1. The van der Waals surface area contributed by atoms with Crippen LogP contribution in [0.25, 0.3) is 0 Å². The number of aromatic nitrogens is 1. The zero-order chi connectivity index (χ0) is 12.8. The van der Waals surface area contributed by atoms with Gasteiger partial charge in [0.25, 0.3) is 0 Å². The second-order valence-electron chi connectivity index (χ2n) is 3.86. The predicted octanol–water partition coefficient (Wildman–Crippen LogP) is 2.88. The number of hydrogen-bond donors (Lipinski definition) is 1. The van der Waals surface area contributed by atoms with Gasteiger partial charge in [-0.25, -0.2) is 9.37 Å². The van der Waals surface area contributed by atoms with Crippen LogP contribution in [0.2, 0.25) is 0 Å². The molecule has 2 aromatic rings. The summed E-state index contributed by atoms with van der Waals surface area (Å²) in [7, 11) is 1.64. The second-order valence-corrected chi connectivity index (χ2v) is 3.86. The van der Waals surface area contributed by atoms with E-state index in [2.05, 4.69) is 10.3 Å². The smallest absolute Gasteiger partial charge is 0.165 e. The van der Waals surface area contributed by atoms with E-state index in [9.17, 15) is 4.39 Å². The molecule has 94 valence electrons. The van der Waals surface area contributed by atoms with E-state index in [1.807, 2.05) is 24.3 Å². The van der Waals surface area contributed by atoms with Crippen LogP contribution in [0.15, 0.2) is 42.6 Å². The lowest BCUT2D eigenvalue weighted by molar-refractivity contribution is 0.414. The third-order valence-corrected chi connectivity index (χ3v) is 2.62. The normalized spacial score (nSPS) is 10.1. The summed E-state index contributed by atoms with van der Waals surface area (Å²) in [6.07, 6.45) is 2.37. The first-order chi connectivity index (χ1) is 8.79. The highest BCUT2D eigenvalue weighted by Gasteiger charge is 2.01. The number of pyridine rings is 1. The largest absolute Gasteiger partial charge is 0.497 e. The summed E-state index contributed by atoms with van der Waals surface area (Å²) in [6.45, 7) is 0.639. The van der Waals surface area contributed by atoms with Crippen LogP contribution in [0.1, 0.15) is 5.56 Å². The van der Waals surface area contributed by atoms with Crippen LogP contribution in [0, 0.1) is 5.82 Å². The van der Waals surface area contributed by atoms with Gasteiger partial charge in [0.1, 0.15) is 5.75 Å². The van der Waals surface area contributed by atoms with E-state index >= 15 is 0 Å². The average Bonchev–Trinajstić information content (AvgIpc) is 2.42. The minimum Gasteiger partial charge on any atom is -0.497 e. The van der Waals surface area contributed by atoms with Gasteiger partial charge >= 0.3 is 0 Å². The van der Waals surface area contributed by atoms with Gasteiger partial charge in [-0.2, -0.15) is 0 Å². The van der Waals surface area contributed by atoms with Crippen molar-refractivity contribution in [3.63, 3.8) is 0 Å². The molecule has 0 aliphatic heterocycles. The van der Waals surface area contributed by atoms with E-state index < -0.39 is 0 Å². The summed E-state index contributed by atoms with van der Waals surface area (Å²) in [5, 5.41) is 2.97. The van der Waals surface area contributed by atoms with Crippen molar-refractivity contribution in [1.29, 1.82) is 0 Å². The summed E-state index contributed by atoms with van der Waals surface area (Å²) in [6, 6.07) is 10.8. The minimum atomic E-state index is -0.327. The second kappa shape index (κ2) is 6.00. The first-order valence-corrected chi connectivity index (χ1v) is 5.77. The van der Waals surface area contributed by atoms with Crippen molar-refractivity contribution in [2.45, 2.75) is 6.42 Å². The molecule has 0 aliphatic carbocycles. The molecule has 0 saturated heterocycles. The van der Waals surface area contributed by atoms with Gasteiger partial charge < -0.3 is 10.1 Å². The SMILES string of the molecule is COc1ccc(CCNc2ncccc2F)cc1. The van der Waals surface area contributed by atoms with Gasteiger partial charge in [-0.1, -0.05) is 12.1 Å². The maximum atomic E-state index is 13.3. The van der Waals surface area contributed by atoms with Crippen molar-refractivity contribution in [3.8, 4) is 5.75 Å². The molecule has 2 rings (SSSR count). The van der Waals surface area contributed by atoms with Crippen LogP contribution in [-0.4, -0.2) is 18.6 Å². The summed E-state index contributed by atoms with van der Waals surface area (Å²) >= 11 is 0. The van der Waals surface area contributed by atoms with Crippen LogP contribution >= 0.6 is 0 Å². The number of benzene rings is 1. The molecule has 0 radical (unpaired) electrons. The minimum absolute atomic E-state index is 0.297. The van der Waals surface area contributed by atoms with Gasteiger partial charge in [-0.15, -0.1) is 0 Å². The fraction of sp³-hybridized carbons (Fsp3) is 0.214. The Balaban J connectivity index is 1.86. The fourth-order valence-electron chi connectivity index (χ4n) is 1.63. The van der Waals surface area contributed by atoms with Crippen LogP contribution in [0.4, 0.5) is 10.2 Å². The highest BCUT2D eigenvalue weighted by atomic mass is 19.1. The molecular formula is C14H15FN2O. The number of anilines is 1. The Morgan fingerprint density at radius 2 is 2.00 bits per heavy atom.